The average molecular weight is 380 g/mol. The van der Waals surface area contributed by atoms with Gasteiger partial charge in [-0.05, 0) is 46.1 Å². The Morgan fingerprint density at radius 2 is 1.92 bits per heavy atom. The van der Waals surface area contributed by atoms with Crippen molar-refractivity contribution in [1.82, 2.24) is 14.8 Å². The number of carboxylic acids is 1. The molecule has 2 heterocycles. The fourth-order valence-electron chi connectivity index (χ4n) is 4.17. The largest absolute Gasteiger partial charge is 0.480 e. The van der Waals surface area contributed by atoms with Crippen molar-refractivity contribution in [3.05, 3.63) is 15.6 Å². The molecule has 1 aromatic rings. The highest BCUT2D eigenvalue weighted by molar-refractivity contribution is 7.13. The predicted octanol–water partition coefficient (Wildman–Crippen LogP) is 3.12. The third-order valence-corrected chi connectivity index (χ3v) is 7.01. The van der Waals surface area contributed by atoms with Crippen molar-refractivity contribution in [2.24, 2.45) is 0 Å². The van der Waals surface area contributed by atoms with Crippen molar-refractivity contribution in [2.75, 3.05) is 26.7 Å². The summed E-state index contributed by atoms with van der Waals surface area (Å²) in [7, 11) is 1.86. The molecule has 1 aliphatic carbocycles. The lowest BCUT2D eigenvalue weighted by Crippen LogP contribution is -2.37. The van der Waals surface area contributed by atoms with E-state index in [9.17, 15) is 9.59 Å². The van der Waals surface area contributed by atoms with E-state index in [0.717, 1.165) is 41.4 Å². The number of amides is 1. The Morgan fingerprint density at radius 3 is 2.62 bits per heavy atom. The molecule has 1 aromatic heterocycles. The maximum atomic E-state index is 13.0. The van der Waals surface area contributed by atoms with E-state index in [0.29, 0.717) is 12.5 Å². The molecular weight excluding hydrogens is 350 g/mol. The van der Waals surface area contributed by atoms with E-state index in [1.54, 1.807) is 11.3 Å². The van der Waals surface area contributed by atoms with Crippen LogP contribution in [0.15, 0.2) is 0 Å². The normalized spacial score (nSPS) is 22.0. The Morgan fingerprint density at radius 1 is 1.19 bits per heavy atom. The number of likely N-dealkylation sites (N-methyl/N-ethyl adjacent to an activating group) is 1. The van der Waals surface area contributed by atoms with E-state index >= 15 is 0 Å². The summed E-state index contributed by atoms with van der Waals surface area (Å²) in [5, 5.41) is 10.1. The third kappa shape index (κ3) is 4.43. The van der Waals surface area contributed by atoms with Crippen LogP contribution in [0.4, 0.5) is 0 Å². The number of carbonyl (C=O) groups excluding carboxylic acids is 1. The highest BCUT2D eigenvalue weighted by Crippen LogP contribution is 2.37. The third-order valence-electron chi connectivity index (χ3n) is 5.70. The fourth-order valence-corrected chi connectivity index (χ4v) is 5.38. The Balaban J connectivity index is 1.64. The van der Waals surface area contributed by atoms with Gasteiger partial charge in [-0.3, -0.25) is 14.5 Å². The lowest BCUT2D eigenvalue weighted by atomic mass is 10.1. The van der Waals surface area contributed by atoms with Gasteiger partial charge in [-0.25, -0.2) is 4.98 Å². The molecule has 6 nitrogen and oxygen atoms in total. The summed E-state index contributed by atoms with van der Waals surface area (Å²) in [5.41, 5.74) is 0.866. The molecule has 0 radical (unpaired) electrons. The maximum absolute atomic E-state index is 13.0. The van der Waals surface area contributed by atoms with Crippen LogP contribution in [0.1, 0.15) is 71.2 Å². The van der Waals surface area contributed by atoms with Crippen molar-refractivity contribution in [1.29, 1.82) is 0 Å². The van der Waals surface area contributed by atoms with Gasteiger partial charge in [-0.1, -0.05) is 12.8 Å². The molecule has 1 amide bonds. The van der Waals surface area contributed by atoms with Crippen LogP contribution in [0, 0.1) is 6.92 Å². The molecule has 3 rings (SSSR count). The van der Waals surface area contributed by atoms with E-state index in [4.69, 9.17) is 10.1 Å². The van der Waals surface area contributed by atoms with Crippen molar-refractivity contribution in [3.8, 4) is 0 Å². The molecule has 0 aromatic carbocycles. The number of hydrogen-bond donors (Lipinski definition) is 1. The number of thiazole rings is 1. The molecule has 0 spiro atoms. The number of nitrogens with zero attached hydrogens (tertiary/aromatic N) is 3. The smallest absolute Gasteiger partial charge is 0.317 e. The van der Waals surface area contributed by atoms with Crippen LogP contribution >= 0.6 is 11.3 Å². The molecule has 1 aliphatic heterocycles. The number of aryl methyl sites for hydroxylation is 1. The highest BCUT2D eigenvalue weighted by Gasteiger charge is 2.28. The molecule has 144 valence electrons. The zero-order valence-electron chi connectivity index (χ0n) is 15.7. The lowest BCUT2D eigenvalue weighted by Gasteiger charge is -2.25. The summed E-state index contributed by atoms with van der Waals surface area (Å²) in [6.45, 7) is 3.43. The van der Waals surface area contributed by atoms with E-state index in [-0.39, 0.29) is 18.5 Å². The van der Waals surface area contributed by atoms with Gasteiger partial charge in [-0.2, -0.15) is 0 Å². The van der Waals surface area contributed by atoms with E-state index in [1.807, 2.05) is 23.8 Å². The first kappa shape index (κ1) is 19.3. The first-order valence-corrected chi connectivity index (χ1v) is 10.5. The monoisotopic (exact) mass is 379 g/mol. The Kier molecular flexibility index (Phi) is 6.29. The molecule has 0 bridgehead atoms. The Hall–Kier alpha value is -1.47. The number of aromatic nitrogens is 1. The fraction of sp³-hybridized carbons (Fsp3) is 0.737. The predicted molar refractivity (Wildman–Crippen MR) is 102 cm³/mol. The van der Waals surface area contributed by atoms with Crippen molar-refractivity contribution in [3.63, 3.8) is 0 Å². The number of carbonyl (C=O) groups is 2. The van der Waals surface area contributed by atoms with Crippen molar-refractivity contribution < 1.29 is 14.7 Å². The first-order chi connectivity index (χ1) is 12.5. The summed E-state index contributed by atoms with van der Waals surface area (Å²) in [5.74, 6) is -0.159. The molecule has 26 heavy (non-hydrogen) atoms. The molecule has 2 fully saturated rings. The summed E-state index contributed by atoms with van der Waals surface area (Å²) in [6.07, 6.45) is 7.59. The zero-order valence-corrected chi connectivity index (χ0v) is 16.6. The molecule has 2 aliphatic rings. The van der Waals surface area contributed by atoms with Gasteiger partial charge in [0.25, 0.3) is 5.91 Å². The quantitative estimate of drug-likeness (QED) is 0.851. The number of aliphatic carboxylic acids is 1. The van der Waals surface area contributed by atoms with Gasteiger partial charge >= 0.3 is 5.97 Å². The molecule has 1 saturated carbocycles. The van der Waals surface area contributed by atoms with Crippen LogP contribution in [0.3, 0.4) is 0 Å². The number of rotatable bonds is 5. The number of carboxylic acid groups (broad SMARTS) is 1. The molecule has 1 unspecified atom stereocenters. The summed E-state index contributed by atoms with van der Waals surface area (Å²) < 4.78 is 0. The van der Waals surface area contributed by atoms with Gasteiger partial charge in [0, 0.05) is 25.0 Å². The van der Waals surface area contributed by atoms with Gasteiger partial charge in [0.1, 0.15) is 4.88 Å². The average Bonchev–Trinajstić information content (AvgIpc) is 3.17. The SMILES string of the molecule is Cc1nc(C2CCCC2)sc1C(=O)N1CCCC(N(C)CC(=O)O)CC1. The summed E-state index contributed by atoms with van der Waals surface area (Å²) in [4.78, 5) is 33.3. The van der Waals surface area contributed by atoms with Crippen LogP contribution in [0.25, 0.3) is 0 Å². The van der Waals surface area contributed by atoms with E-state index < -0.39 is 5.97 Å². The Bertz CT molecular complexity index is 654. The minimum atomic E-state index is -0.801. The lowest BCUT2D eigenvalue weighted by molar-refractivity contribution is -0.138. The van der Waals surface area contributed by atoms with Crippen LogP contribution in [0.2, 0.25) is 0 Å². The number of likely N-dealkylation sites (tertiary alicyclic amines) is 1. The standard InChI is InChI=1S/C19H29N3O3S/c1-13-17(26-18(20-13)14-6-3-4-7-14)19(25)22-10-5-8-15(9-11-22)21(2)12-16(23)24/h14-15H,3-12H2,1-2H3,(H,23,24). The van der Waals surface area contributed by atoms with Crippen molar-refractivity contribution >= 4 is 23.2 Å². The second-order valence-electron chi connectivity index (χ2n) is 7.63. The maximum Gasteiger partial charge on any atom is 0.317 e. The van der Waals surface area contributed by atoms with Gasteiger partial charge in [0.2, 0.25) is 0 Å². The molecule has 1 N–H and O–H groups in total. The van der Waals surface area contributed by atoms with Crippen LogP contribution in [0.5, 0.6) is 0 Å². The zero-order chi connectivity index (χ0) is 18.7. The van der Waals surface area contributed by atoms with E-state index in [2.05, 4.69) is 0 Å². The van der Waals surface area contributed by atoms with Crippen molar-refractivity contribution in [2.45, 2.75) is 63.8 Å². The topological polar surface area (TPSA) is 73.7 Å². The Labute approximate surface area is 159 Å². The molecular formula is C19H29N3O3S. The van der Waals surface area contributed by atoms with Gasteiger partial charge in [-0.15, -0.1) is 11.3 Å². The first-order valence-electron chi connectivity index (χ1n) is 9.64. The second kappa shape index (κ2) is 8.48. The minimum absolute atomic E-state index is 0.0529. The van der Waals surface area contributed by atoms with Crippen LogP contribution in [-0.4, -0.2) is 64.5 Å². The van der Waals surface area contributed by atoms with Gasteiger partial charge < -0.3 is 10.0 Å². The van der Waals surface area contributed by atoms with Crippen LogP contribution in [-0.2, 0) is 4.79 Å². The summed E-state index contributed by atoms with van der Waals surface area (Å²) in [6, 6.07) is 0.223. The van der Waals surface area contributed by atoms with Gasteiger partial charge in [0.15, 0.2) is 0 Å². The minimum Gasteiger partial charge on any atom is -0.480 e. The molecule has 7 heteroatoms. The van der Waals surface area contributed by atoms with E-state index in [1.165, 1.54) is 25.7 Å². The summed E-state index contributed by atoms with van der Waals surface area (Å²) >= 11 is 1.59. The second-order valence-corrected chi connectivity index (χ2v) is 8.66. The highest BCUT2D eigenvalue weighted by atomic mass is 32.1. The molecule has 1 saturated heterocycles. The molecule has 1 atom stereocenters. The number of hydrogen-bond acceptors (Lipinski definition) is 5. The van der Waals surface area contributed by atoms with Gasteiger partial charge in [0.05, 0.1) is 17.2 Å². The van der Waals surface area contributed by atoms with Crippen LogP contribution < -0.4 is 0 Å².